The molecule has 0 aliphatic rings. The topological polar surface area (TPSA) is 43.1 Å². The normalized spacial score (nSPS) is 8.00. The van der Waals surface area contributed by atoms with Crippen molar-refractivity contribution in [3.8, 4) is 0 Å². The van der Waals surface area contributed by atoms with Crippen LogP contribution in [0.3, 0.4) is 0 Å². The standard InChI is InChI=1S/C7H7NO.Ti/c8-7(9)6-4-2-1-3-5-6;/h1-5H,(H2,8,9);. The first kappa shape index (κ1) is 9.40. The van der Waals surface area contributed by atoms with E-state index in [0.717, 1.165) is 0 Å². The molecule has 0 spiro atoms. The van der Waals surface area contributed by atoms with Crippen molar-refractivity contribution < 1.29 is 26.5 Å². The Kier molecular flexibility index (Phi) is 4.00. The fourth-order valence-electron chi connectivity index (χ4n) is 0.602. The summed E-state index contributed by atoms with van der Waals surface area (Å²) in [6, 6.07) is 8.76. The van der Waals surface area contributed by atoms with Crippen molar-refractivity contribution in [3.05, 3.63) is 35.9 Å². The molecule has 0 saturated carbocycles. The van der Waals surface area contributed by atoms with Gasteiger partial charge in [-0.2, -0.15) is 0 Å². The van der Waals surface area contributed by atoms with Crippen molar-refractivity contribution in [3.63, 3.8) is 0 Å². The van der Waals surface area contributed by atoms with Crippen LogP contribution in [0.25, 0.3) is 0 Å². The summed E-state index contributed by atoms with van der Waals surface area (Å²) >= 11 is 0. The van der Waals surface area contributed by atoms with Crippen LogP contribution in [0.5, 0.6) is 0 Å². The Bertz CT molecular complexity index is 210. The van der Waals surface area contributed by atoms with Gasteiger partial charge >= 0.3 is 0 Å². The van der Waals surface area contributed by atoms with Gasteiger partial charge in [0.15, 0.2) is 0 Å². The van der Waals surface area contributed by atoms with Gasteiger partial charge in [0.05, 0.1) is 0 Å². The van der Waals surface area contributed by atoms with Crippen LogP contribution in [0.1, 0.15) is 10.4 Å². The molecule has 50 valence electrons. The van der Waals surface area contributed by atoms with E-state index in [0.29, 0.717) is 5.56 Å². The zero-order valence-electron chi connectivity index (χ0n) is 5.37. The zero-order valence-corrected chi connectivity index (χ0v) is 6.93. The summed E-state index contributed by atoms with van der Waals surface area (Å²) in [4.78, 5) is 10.4. The van der Waals surface area contributed by atoms with Gasteiger partial charge in [-0.25, -0.2) is 0 Å². The summed E-state index contributed by atoms with van der Waals surface area (Å²) in [5, 5.41) is 0. The minimum absolute atomic E-state index is 0. The molecule has 1 rings (SSSR count). The molecule has 2 N–H and O–H groups in total. The van der Waals surface area contributed by atoms with Gasteiger partial charge in [0.25, 0.3) is 0 Å². The molecule has 2 nitrogen and oxygen atoms in total. The van der Waals surface area contributed by atoms with Crippen LogP contribution in [0.2, 0.25) is 0 Å². The Morgan fingerprint density at radius 2 is 1.70 bits per heavy atom. The van der Waals surface area contributed by atoms with E-state index < -0.39 is 0 Å². The monoisotopic (exact) mass is 169 g/mol. The SMILES string of the molecule is NC(=O)c1ccccc1.[Ti]. The van der Waals surface area contributed by atoms with Crippen LogP contribution >= 0.6 is 0 Å². The maximum atomic E-state index is 10.4. The summed E-state index contributed by atoms with van der Waals surface area (Å²) < 4.78 is 0. The van der Waals surface area contributed by atoms with Gasteiger partial charge in [-0.3, -0.25) is 4.79 Å². The number of hydrogen-bond acceptors (Lipinski definition) is 1. The number of benzene rings is 1. The van der Waals surface area contributed by atoms with Gasteiger partial charge in [-0.05, 0) is 12.1 Å². The number of nitrogens with two attached hydrogens (primary N) is 1. The molecule has 0 heterocycles. The van der Waals surface area contributed by atoms with Crippen molar-refractivity contribution in [2.75, 3.05) is 0 Å². The molecule has 0 aromatic heterocycles. The maximum absolute atomic E-state index is 10.4. The molecule has 0 bridgehead atoms. The molecule has 0 unspecified atom stereocenters. The number of carbonyl (C=O) groups excluding carboxylic acids is 1. The number of rotatable bonds is 1. The second-order valence-electron chi connectivity index (χ2n) is 1.73. The van der Waals surface area contributed by atoms with Crippen molar-refractivity contribution >= 4 is 5.91 Å². The summed E-state index contributed by atoms with van der Waals surface area (Å²) in [7, 11) is 0. The molecule has 0 saturated heterocycles. The van der Waals surface area contributed by atoms with E-state index in [4.69, 9.17) is 5.73 Å². The summed E-state index contributed by atoms with van der Waals surface area (Å²) in [6.07, 6.45) is 0. The van der Waals surface area contributed by atoms with E-state index in [9.17, 15) is 4.79 Å². The third kappa shape index (κ3) is 2.34. The minimum atomic E-state index is -0.379. The third-order valence-electron chi connectivity index (χ3n) is 1.06. The molecule has 1 aromatic rings. The van der Waals surface area contributed by atoms with Gasteiger partial charge in [0, 0.05) is 27.3 Å². The first-order chi connectivity index (χ1) is 4.30. The van der Waals surface area contributed by atoms with Crippen LogP contribution in [-0.4, -0.2) is 5.91 Å². The molecule has 10 heavy (non-hydrogen) atoms. The molecule has 3 heteroatoms. The second-order valence-corrected chi connectivity index (χ2v) is 1.73. The first-order valence-corrected chi connectivity index (χ1v) is 2.65. The van der Waals surface area contributed by atoms with Gasteiger partial charge in [-0.1, -0.05) is 18.2 Å². The van der Waals surface area contributed by atoms with Crippen LogP contribution in [-0.2, 0) is 21.7 Å². The van der Waals surface area contributed by atoms with Crippen LogP contribution in [0, 0.1) is 0 Å². The van der Waals surface area contributed by atoms with Gasteiger partial charge in [0.2, 0.25) is 5.91 Å². The summed E-state index contributed by atoms with van der Waals surface area (Å²) in [5.41, 5.74) is 5.53. The second kappa shape index (κ2) is 4.26. The first-order valence-electron chi connectivity index (χ1n) is 2.65. The molecule has 0 aliphatic heterocycles. The average Bonchev–Trinajstić information content (AvgIpc) is 1.90. The number of hydrogen-bond donors (Lipinski definition) is 1. The van der Waals surface area contributed by atoms with E-state index in [1.807, 2.05) is 6.07 Å². The number of amides is 1. The van der Waals surface area contributed by atoms with E-state index in [1.54, 1.807) is 24.3 Å². The average molecular weight is 169 g/mol. The molecule has 1 amide bonds. The van der Waals surface area contributed by atoms with Gasteiger partial charge in [0.1, 0.15) is 0 Å². The number of primary amides is 1. The summed E-state index contributed by atoms with van der Waals surface area (Å²) in [5.74, 6) is -0.379. The predicted molar refractivity (Wildman–Crippen MR) is 35.0 cm³/mol. The third-order valence-corrected chi connectivity index (χ3v) is 1.06. The number of carbonyl (C=O) groups is 1. The van der Waals surface area contributed by atoms with Gasteiger partial charge < -0.3 is 5.73 Å². The largest absolute Gasteiger partial charge is 0.366 e. The predicted octanol–water partition coefficient (Wildman–Crippen LogP) is 0.783. The molecular formula is C7H7NOTi. The van der Waals surface area contributed by atoms with Crippen LogP contribution < -0.4 is 5.73 Å². The Hall–Kier alpha value is -0.596. The molecule has 0 fully saturated rings. The van der Waals surface area contributed by atoms with Crippen molar-refractivity contribution in [2.45, 2.75) is 0 Å². The minimum Gasteiger partial charge on any atom is -0.366 e. The fourth-order valence-corrected chi connectivity index (χ4v) is 0.602. The fraction of sp³-hybridized carbons (Fsp3) is 0. The Labute approximate surface area is 74.3 Å². The molecule has 1 aromatic carbocycles. The van der Waals surface area contributed by atoms with Crippen molar-refractivity contribution in [1.82, 2.24) is 0 Å². The molecular weight excluding hydrogens is 162 g/mol. The Morgan fingerprint density at radius 3 is 2.00 bits per heavy atom. The van der Waals surface area contributed by atoms with E-state index in [1.165, 1.54) is 0 Å². The van der Waals surface area contributed by atoms with E-state index in [2.05, 4.69) is 0 Å². The molecule has 0 aliphatic carbocycles. The van der Waals surface area contributed by atoms with Crippen LogP contribution in [0.4, 0.5) is 0 Å². The van der Waals surface area contributed by atoms with Crippen LogP contribution in [0.15, 0.2) is 30.3 Å². The van der Waals surface area contributed by atoms with Crippen molar-refractivity contribution in [2.24, 2.45) is 5.73 Å². The maximum Gasteiger partial charge on any atom is 0.248 e. The summed E-state index contributed by atoms with van der Waals surface area (Å²) in [6.45, 7) is 0. The quantitative estimate of drug-likeness (QED) is 0.620. The zero-order chi connectivity index (χ0) is 6.69. The Balaban J connectivity index is 0.000000810. The van der Waals surface area contributed by atoms with E-state index in [-0.39, 0.29) is 27.6 Å². The molecule has 0 radical (unpaired) electrons. The molecule has 0 atom stereocenters. The Morgan fingerprint density at radius 1 is 1.20 bits per heavy atom. The van der Waals surface area contributed by atoms with Crippen molar-refractivity contribution in [1.29, 1.82) is 0 Å². The van der Waals surface area contributed by atoms with E-state index >= 15 is 0 Å². The smallest absolute Gasteiger partial charge is 0.248 e. The van der Waals surface area contributed by atoms with Gasteiger partial charge in [-0.15, -0.1) is 0 Å².